The summed E-state index contributed by atoms with van der Waals surface area (Å²) in [5.74, 6) is 0.928. The highest BCUT2D eigenvalue weighted by Crippen LogP contribution is 2.27. The van der Waals surface area contributed by atoms with Gasteiger partial charge in [0.1, 0.15) is 5.84 Å². The number of nitrogens with two attached hydrogens (primary N) is 1. The molecule has 0 heterocycles. The molecule has 0 radical (unpaired) electrons. The maximum atomic E-state index is 10.4. The molecule has 3 rings (SSSR count). The second kappa shape index (κ2) is 6.06. The smallest absolute Gasteiger partial charge is 0.125 e. The second-order valence-electron chi connectivity index (χ2n) is 5.48. The third-order valence-electron chi connectivity index (χ3n) is 3.67. The number of benzene rings is 2. The summed E-state index contributed by atoms with van der Waals surface area (Å²) < 4.78 is 0. The lowest BCUT2D eigenvalue weighted by molar-refractivity contribution is 0.187. The Morgan fingerprint density at radius 2 is 2.00 bits per heavy atom. The summed E-state index contributed by atoms with van der Waals surface area (Å²) in [4.78, 5) is 0. The molecular formula is C17H19N3O. The molecule has 1 aliphatic carbocycles. The van der Waals surface area contributed by atoms with Crippen molar-refractivity contribution in [2.75, 3.05) is 0 Å². The van der Waals surface area contributed by atoms with Gasteiger partial charge in [0.25, 0.3) is 0 Å². The van der Waals surface area contributed by atoms with Gasteiger partial charge in [-0.15, -0.1) is 5.10 Å². The van der Waals surface area contributed by atoms with Crippen molar-refractivity contribution < 1.29 is 5.11 Å². The SMILES string of the molecule is N/C(CC(O)c1cccc2ccccc12)=N\N=C\C1CC1. The van der Waals surface area contributed by atoms with Gasteiger partial charge in [0.05, 0.1) is 6.10 Å². The fourth-order valence-corrected chi connectivity index (χ4v) is 2.34. The molecule has 4 nitrogen and oxygen atoms in total. The predicted octanol–water partition coefficient (Wildman–Crippen LogP) is 3.02. The van der Waals surface area contributed by atoms with Gasteiger partial charge in [-0.05, 0) is 35.1 Å². The number of rotatable bonds is 5. The van der Waals surface area contributed by atoms with Crippen LogP contribution in [0.1, 0.15) is 30.9 Å². The largest absolute Gasteiger partial charge is 0.388 e. The zero-order valence-corrected chi connectivity index (χ0v) is 11.8. The quantitative estimate of drug-likeness (QED) is 0.502. The fraction of sp³-hybridized carbons (Fsp3) is 0.294. The molecule has 2 aromatic carbocycles. The van der Waals surface area contributed by atoms with Crippen molar-refractivity contribution in [1.82, 2.24) is 0 Å². The van der Waals surface area contributed by atoms with Crippen LogP contribution in [0.15, 0.2) is 52.7 Å². The van der Waals surface area contributed by atoms with Gasteiger partial charge < -0.3 is 10.8 Å². The standard InChI is InChI=1S/C17H19N3O/c18-17(20-19-11-12-8-9-12)10-16(21)15-7-3-5-13-4-1-2-6-14(13)15/h1-7,11-12,16,21H,8-10H2,(H2,18,20)/b19-11+. The van der Waals surface area contributed by atoms with Crippen LogP contribution in [0, 0.1) is 5.92 Å². The molecule has 1 saturated carbocycles. The Balaban J connectivity index is 1.75. The van der Waals surface area contributed by atoms with Gasteiger partial charge in [0.2, 0.25) is 0 Å². The number of aliphatic hydroxyl groups is 1. The highest BCUT2D eigenvalue weighted by Gasteiger charge is 2.18. The number of nitrogens with zero attached hydrogens (tertiary/aromatic N) is 2. The van der Waals surface area contributed by atoms with Crippen LogP contribution in [0.2, 0.25) is 0 Å². The van der Waals surface area contributed by atoms with Crippen molar-refractivity contribution in [3.63, 3.8) is 0 Å². The first kappa shape index (κ1) is 13.8. The Kier molecular flexibility index (Phi) is 3.97. The van der Waals surface area contributed by atoms with Crippen molar-refractivity contribution in [2.24, 2.45) is 21.9 Å². The number of hydrogen-bond donors (Lipinski definition) is 2. The van der Waals surface area contributed by atoms with Gasteiger partial charge in [-0.25, -0.2) is 0 Å². The van der Waals surface area contributed by atoms with Gasteiger partial charge in [-0.2, -0.15) is 5.10 Å². The fourth-order valence-electron chi connectivity index (χ4n) is 2.34. The van der Waals surface area contributed by atoms with Crippen molar-refractivity contribution in [1.29, 1.82) is 0 Å². The van der Waals surface area contributed by atoms with E-state index in [9.17, 15) is 5.11 Å². The predicted molar refractivity (Wildman–Crippen MR) is 86.4 cm³/mol. The van der Waals surface area contributed by atoms with E-state index < -0.39 is 6.10 Å². The zero-order chi connectivity index (χ0) is 14.7. The Labute approximate surface area is 124 Å². The maximum absolute atomic E-state index is 10.4. The minimum Gasteiger partial charge on any atom is -0.388 e. The van der Waals surface area contributed by atoms with Crippen molar-refractivity contribution in [2.45, 2.75) is 25.4 Å². The van der Waals surface area contributed by atoms with E-state index in [1.807, 2.05) is 48.7 Å². The maximum Gasteiger partial charge on any atom is 0.125 e. The van der Waals surface area contributed by atoms with Gasteiger partial charge >= 0.3 is 0 Å². The molecule has 0 amide bonds. The van der Waals surface area contributed by atoms with Crippen LogP contribution in [0.4, 0.5) is 0 Å². The van der Waals surface area contributed by atoms with Crippen LogP contribution in [0.5, 0.6) is 0 Å². The van der Waals surface area contributed by atoms with Gasteiger partial charge in [-0.3, -0.25) is 0 Å². The first-order chi connectivity index (χ1) is 10.2. The second-order valence-corrected chi connectivity index (χ2v) is 5.48. The normalized spacial score (nSPS) is 17.5. The average molecular weight is 281 g/mol. The van der Waals surface area contributed by atoms with Crippen molar-refractivity contribution >= 4 is 22.8 Å². The average Bonchev–Trinajstić information content (AvgIpc) is 3.30. The number of aliphatic hydroxyl groups excluding tert-OH is 1. The summed E-state index contributed by atoms with van der Waals surface area (Å²) in [6, 6.07) is 13.9. The van der Waals surface area contributed by atoms with E-state index in [-0.39, 0.29) is 6.42 Å². The Morgan fingerprint density at radius 3 is 2.81 bits per heavy atom. The summed E-state index contributed by atoms with van der Waals surface area (Å²) >= 11 is 0. The molecule has 108 valence electrons. The summed E-state index contributed by atoms with van der Waals surface area (Å²) in [6.07, 6.45) is 3.83. The van der Waals surface area contributed by atoms with E-state index in [2.05, 4.69) is 10.2 Å². The summed E-state index contributed by atoms with van der Waals surface area (Å²) in [5, 5.41) is 20.5. The molecule has 1 unspecified atom stereocenters. The molecule has 0 aromatic heterocycles. The number of fused-ring (bicyclic) bond motifs is 1. The third kappa shape index (κ3) is 3.47. The molecule has 0 aliphatic heterocycles. The highest BCUT2D eigenvalue weighted by molar-refractivity contribution is 5.87. The molecule has 0 saturated heterocycles. The highest BCUT2D eigenvalue weighted by atomic mass is 16.3. The van der Waals surface area contributed by atoms with Gasteiger partial charge in [0, 0.05) is 12.6 Å². The minimum atomic E-state index is -0.670. The lowest BCUT2D eigenvalue weighted by atomic mass is 9.98. The third-order valence-corrected chi connectivity index (χ3v) is 3.67. The van der Waals surface area contributed by atoms with Crippen LogP contribution in [-0.2, 0) is 0 Å². The molecule has 2 aromatic rings. The van der Waals surface area contributed by atoms with E-state index in [4.69, 9.17) is 5.73 Å². The monoisotopic (exact) mass is 281 g/mol. The lowest BCUT2D eigenvalue weighted by Crippen LogP contribution is -2.15. The van der Waals surface area contributed by atoms with E-state index in [0.717, 1.165) is 16.3 Å². The molecular weight excluding hydrogens is 262 g/mol. The van der Waals surface area contributed by atoms with Crippen LogP contribution in [0.25, 0.3) is 10.8 Å². The van der Waals surface area contributed by atoms with E-state index in [0.29, 0.717) is 11.8 Å². The molecule has 0 bridgehead atoms. The Hall–Kier alpha value is -2.20. The molecule has 1 fully saturated rings. The zero-order valence-electron chi connectivity index (χ0n) is 11.8. The van der Waals surface area contributed by atoms with E-state index in [1.54, 1.807) is 0 Å². The first-order valence-corrected chi connectivity index (χ1v) is 7.25. The molecule has 1 aliphatic rings. The molecule has 3 N–H and O–H groups in total. The van der Waals surface area contributed by atoms with Crippen LogP contribution < -0.4 is 5.73 Å². The van der Waals surface area contributed by atoms with Crippen LogP contribution in [-0.4, -0.2) is 17.2 Å². The van der Waals surface area contributed by atoms with Crippen molar-refractivity contribution in [3.8, 4) is 0 Å². The summed E-state index contributed by atoms with van der Waals surface area (Å²) in [5.41, 5.74) is 6.71. The number of hydrogen-bond acceptors (Lipinski definition) is 3. The van der Waals surface area contributed by atoms with E-state index in [1.165, 1.54) is 12.8 Å². The lowest BCUT2D eigenvalue weighted by Gasteiger charge is -2.13. The summed E-state index contributed by atoms with van der Waals surface area (Å²) in [6.45, 7) is 0. The number of amidine groups is 1. The molecule has 0 spiro atoms. The topological polar surface area (TPSA) is 71.0 Å². The molecule has 4 heteroatoms. The Morgan fingerprint density at radius 1 is 1.24 bits per heavy atom. The van der Waals surface area contributed by atoms with Crippen LogP contribution >= 0.6 is 0 Å². The summed E-state index contributed by atoms with van der Waals surface area (Å²) in [7, 11) is 0. The van der Waals surface area contributed by atoms with Crippen molar-refractivity contribution in [3.05, 3.63) is 48.0 Å². The minimum absolute atomic E-state index is 0.288. The van der Waals surface area contributed by atoms with Crippen LogP contribution in [0.3, 0.4) is 0 Å². The van der Waals surface area contributed by atoms with Gasteiger partial charge in [-0.1, -0.05) is 42.5 Å². The Bertz CT molecular complexity index is 684. The van der Waals surface area contributed by atoms with Gasteiger partial charge in [0.15, 0.2) is 0 Å². The first-order valence-electron chi connectivity index (χ1n) is 7.25. The van der Waals surface area contributed by atoms with E-state index >= 15 is 0 Å². The molecule has 1 atom stereocenters. The molecule has 21 heavy (non-hydrogen) atoms.